The number of carbonyl (C=O) groups is 2. The molecule has 0 heterocycles. The fourth-order valence-corrected chi connectivity index (χ4v) is 2.39. The Bertz CT molecular complexity index is 780. The summed E-state index contributed by atoms with van der Waals surface area (Å²) in [5.41, 5.74) is -0.125. The maximum Gasteiger partial charge on any atom is 0.408 e. The molecule has 0 aliphatic rings. The normalized spacial score (nSPS) is 12.4. The standard InChI is InChI=1S/C21H30N2O5S/c1-8-21(5,6)27-18(24)16(23-19(25)28-20(2,3)4)12-14-9-10-17(26-7)15(11-14)22-13-29/h9-11,16H,8,12H2,1-7H3,(H,23,25)/t16-/m0/s1. The lowest BCUT2D eigenvalue weighted by atomic mass is 10.0. The summed E-state index contributed by atoms with van der Waals surface area (Å²) in [4.78, 5) is 29.0. The van der Waals surface area contributed by atoms with Gasteiger partial charge < -0.3 is 19.5 Å². The van der Waals surface area contributed by atoms with Crippen LogP contribution >= 0.6 is 12.2 Å². The average molecular weight is 423 g/mol. The predicted molar refractivity (Wildman–Crippen MR) is 115 cm³/mol. The number of nitrogens with zero attached hydrogens (tertiary/aromatic N) is 1. The summed E-state index contributed by atoms with van der Waals surface area (Å²) in [5, 5.41) is 4.92. The van der Waals surface area contributed by atoms with E-state index in [1.54, 1.807) is 39.0 Å². The van der Waals surface area contributed by atoms with Crippen molar-refractivity contribution in [2.45, 2.75) is 71.6 Å². The van der Waals surface area contributed by atoms with Crippen molar-refractivity contribution in [3.05, 3.63) is 23.8 Å². The molecule has 0 bridgehead atoms. The number of isothiocyanates is 1. The molecule has 1 N–H and O–H groups in total. The number of carbonyl (C=O) groups excluding carboxylic acids is 2. The molecule has 0 fully saturated rings. The third-order valence-electron chi connectivity index (χ3n) is 4.05. The molecule has 1 amide bonds. The van der Waals surface area contributed by atoms with Crippen molar-refractivity contribution >= 4 is 35.1 Å². The van der Waals surface area contributed by atoms with Crippen LogP contribution in [0.25, 0.3) is 0 Å². The Labute approximate surface area is 177 Å². The van der Waals surface area contributed by atoms with Crippen LogP contribution in [0.2, 0.25) is 0 Å². The topological polar surface area (TPSA) is 86.2 Å². The molecule has 0 aliphatic carbocycles. The number of ether oxygens (including phenoxy) is 3. The van der Waals surface area contributed by atoms with E-state index in [0.29, 0.717) is 17.9 Å². The molecule has 0 aliphatic heterocycles. The molecule has 1 rings (SSSR count). The number of aliphatic imine (C=N–C) groups is 1. The Kier molecular flexibility index (Phi) is 8.80. The van der Waals surface area contributed by atoms with Gasteiger partial charge in [0.1, 0.15) is 28.7 Å². The molecule has 160 valence electrons. The Balaban J connectivity index is 3.13. The lowest BCUT2D eigenvalue weighted by molar-refractivity contribution is -0.159. The summed E-state index contributed by atoms with van der Waals surface area (Å²) < 4.78 is 16.1. The summed E-state index contributed by atoms with van der Waals surface area (Å²) >= 11 is 4.67. The summed E-state index contributed by atoms with van der Waals surface area (Å²) in [6, 6.07) is 4.28. The van der Waals surface area contributed by atoms with Gasteiger partial charge in [0, 0.05) is 6.42 Å². The molecule has 0 radical (unpaired) electrons. The molecule has 29 heavy (non-hydrogen) atoms. The minimum Gasteiger partial charge on any atom is -0.494 e. The van der Waals surface area contributed by atoms with Crippen LogP contribution in [0.3, 0.4) is 0 Å². The molecule has 0 aromatic heterocycles. The summed E-state index contributed by atoms with van der Waals surface area (Å²) in [6.45, 7) is 10.8. The first-order chi connectivity index (χ1) is 13.4. The second-order valence-corrected chi connectivity index (χ2v) is 8.33. The predicted octanol–water partition coefficient (Wildman–Crippen LogP) is 4.60. The number of hydrogen-bond donors (Lipinski definition) is 1. The van der Waals surface area contributed by atoms with E-state index in [0.717, 1.165) is 5.56 Å². The van der Waals surface area contributed by atoms with Gasteiger partial charge in [-0.15, -0.1) is 0 Å². The second kappa shape index (κ2) is 10.4. The van der Waals surface area contributed by atoms with Gasteiger partial charge in [0.25, 0.3) is 0 Å². The fraction of sp³-hybridized carbons (Fsp3) is 0.571. The maximum absolute atomic E-state index is 12.8. The van der Waals surface area contributed by atoms with Crippen LogP contribution in [0, 0.1) is 0 Å². The molecule has 8 heteroatoms. The zero-order valence-electron chi connectivity index (χ0n) is 18.1. The smallest absolute Gasteiger partial charge is 0.408 e. The molecule has 1 atom stereocenters. The van der Waals surface area contributed by atoms with E-state index in [1.165, 1.54) is 7.11 Å². The Morgan fingerprint density at radius 3 is 2.38 bits per heavy atom. The highest BCUT2D eigenvalue weighted by molar-refractivity contribution is 7.78. The van der Waals surface area contributed by atoms with Gasteiger partial charge in [-0.1, -0.05) is 13.0 Å². The Hall–Kier alpha value is -2.44. The highest BCUT2D eigenvalue weighted by Gasteiger charge is 2.30. The number of alkyl carbamates (subject to hydrolysis) is 1. The fourth-order valence-electron chi connectivity index (χ4n) is 2.29. The van der Waals surface area contributed by atoms with Crippen LogP contribution in [0.5, 0.6) is 5.75 Å². The van der Waals surface area contributed by atoms with Crippen LogP contribution in [0.1, 0.15) is 53.5 Å². The molecular weight excluding hydrogens is 392 g/mol. The van der Waals surface area contributed by atoms with Gasteiger partial charge in [0.2, 0.25) is 0 Å². The minimum atomic E-state index is -0.937. The van der Waals surface area contributed by atoms with E-state index in [9.17, 15) is 9.59 Å². The van der Waals surface area contributed by atoms with E-state index in [4.69, 9.17) is 14.2 Å². The van der Waals surface area contributed by atoms with Crippen molar-refractivity contribution < 1.29 is 23.8 Å². The van der Waals surface area contributed by atoms with Crippen LogP contribution in [0.15, 0.2) is 23.2 Å². The lowest BCUT2D eigenvalue weighted by Crippen LogP contribution is -2.47. The molecule has 7 nitrogen and oxygen atoms in total. The van der Waals surface area contributed by atoms with Crippen molar-refractivity contribution in [1.29, 1.82) is 0 Å². The van der Waals surface area contributed by atoms with Gasteiger partial charge in [-0.2, -0.15) is 4.99 Å². The lowest BCUT2D eigenvalue weighted by Gasteiger charge is -2.28. The largest absolute Gasteiger partial charge is 0.494 e. The Morgan fingerprint density at radius 1 is 1.21 bits per heavy atom. The SMILES string of the molecule is CCC(C)(C)OC(=O)[C@H](Cc1ccc(OC)c(N=C=S)c1)NC(=O)OC(C)(C)C. The number of nitrogens with one attached hydrogen (secondary N) is 1. The highest BCUT2D eigenvalue weighted by Crippen LogP contribution is 2.28. The second-order valence-electron chi connectivity index (χ2n) is 8.15. The zero-order valence-corrected chi connectivity index (χ0v) is 18.9. The van der Waals surface area contributed by atoms with Gasteiger partial charge >= 0.3 is 12.1 Å². The summed E-state index contributed by atoms with van der Waals surface area (Å²) in [7, 11) is 1.52. The highest BCUT2D eigenvalue weighted by atomic mass is 32.1. The quantitative estimate of drug-likeness (QED) is 0.374. The molecular formula is C21H30N2O5S. The number of amides is 1. The molecule has 1 aromatic rings. The Morgan fingerprint density at radius 2 is 1.86 bits per heavy atom. The van der Waals surface area contributed by atoms with Crippen LogP contribution < -0.4 is 10.1 Å². The van der Waals surface area contributed by atoms with Crippen molar-refractivity contribution in [3.8, 4) is 5.75 Å². The minimum absolute atomic E-state index is 0.182. The average Bonchev–Trinajstić information content (AvgIpc) is 2.59. The zero-order chi connectivity index (χ0) is 22.2. The van der Waals surface area contributed by atoms with Crippen molar-refractivity contribution in [2.75, 3.05) is 7.11 Å². The third kappa shape index (κ3) is 8.62. The number of benzene rings is 1. The van der Waals surface area contributed by atoms with E-state index < -0.39 is 29.3 Å². The number of hydrogen-bond acceptors (Lipinski definition) is 7. The van der Waals surface area contributed by atoms with E-state index in [1.807, 2.05) is 20.8 Å². The van der Waals surface area contributed by atoms with Gasteiger partial charge in [-0.3, -0.25) is 0 Å². The van der Waals surface area contributed by atoms with Crippen LogP contribution in [-0.4, -0.2) is 41.6 Å². The number of rotatable bonds is 8. The van der Waals surface area contributed by atoms with Crippen LogP contribution in [-0.2, 0) is 20.7 Å². The van der Waals surface area contributed by atoms with Crippen molar-refractivity contribution in [3.63, 3.8) is 0 Å². The third-order valence-corrected chi connectivity index (χ3v) is 4.14. The molecule has 0 unspecified atom stereocenters. The molecule has 0 saturated heterocycles. The van der Waals surface area contributed by atoms with Gasteiger partial charge in [-0.25, -0.2) is 9.59 Å². The summed E-state index contributed by atoms with van der Waals surface area (Å²) in [6.07, 6.45) is 0.120. The number of thiocarbonyl (C=S) groups is 1. The van der Waals surface area contributed by atoms with E-state index in [-0.39, 0.29) is 6.42 Å². The first kappa shape index (κ1) is 24.6. The molecule has 1 aromatic carbocycles. The molecule has 0 spiro atoms. The van der Waals surface area contributed by atoms with Crippen molar-refractivity contribution in [1.82, 2.24) is 5.32 Å². The van der Waals surface area contributed by atoms with Gasteiger partial charge in [0.05, 0.1) is 12.3 Å². The van der Waals surface area contributed by atoms with Crippen molar-refractivity contribution in [2.24, 2.45) is 4.99 Å². The maximum atomic E-state index is 12.8. The summed E-state index contributed by atoms with van der Waals surface area (Å²) in [5.74, 6) is -0.0177. The monoisotopic (exact) mass is 422 g/mol. The number of methoxy groups -OCH3 is 1. The van der Waals surface area contributed by atoms with E-state index in [2.05, 4.69) is 27.7 Å². The van der Waals surface area contributed by atoms with E-state index >= 15 is 0 Å². The molecule has 0 saturated carbocycles. The first-order valence-electron chi connectivity index (χ1n) is 9.38. The first-order valence-corrected chi connectivity index (χ1v) is 9.78. The van der Waals surface area contributed by atoms with Gasteiger partial charge in [0.15, 0.2) is 0 Å². The van der Waals surface area contributed by atoms with Gasteiger partial charge in [-0.05, 0) is 71.0 Å². The van der Waals surface area contributed by atoms with Crippen LogP contribution in [0.4, 0.5) is 10.5 Å². The number of esters is 1.